The summed E-state index contributed by atoms with van der Waals surface area (Å²) in [5.74, 6) is 0. The summed E-state index contributed by atoms with van der Waals surface area (Å²) in [7, 11) is 0. The van der Waals surface area contributed by atoms with Crippen LogP contribution in [-0.2, 0) is 0 Å². The summed E-state index contributed by atoms with van der Waals surface area (Å²) >= 11 is 0. The van der Waals surface area contributed by atoms with Crippen molar-refractivity contribution < 1.29 is 4.79 Å². The van der Waals surface area contributed by atoms with Gasteiger partial charge in [-0.3, -0.25) is 4.90 Å². The first-order chi connectivity index (χ1) is 5.79. The number of fused-ring (bicyclic) bond motifs is 1. The standard InChI is InChI=1S/C8H9N3O.ClH/c9-8(12)11-5-10-6-3-1-2-4-7(6)11;/h1-4,10H,5H2,(H2,9,12);1H. The summed E-state index contributed by atoms with van der Waals surface area (Å²) in [5.41, 5.74) is 6.97. The fourth-order valence-electron chi connectivity index (χ4n) is 1.30. The normalized spacial score (nSPS) is 12.8. The number of anilines is 2. The van der Waals surface area contributed by atoms with Crippen molar-refractivity contribution in [3.63, 3.8) is 0 Å². The second-order valence-corrected chi connectivity index (χ2v) is 2.62. The van der Waals surface area contributed by atoms with Crippen molar-refractivity contribution in [1.82, 2.24) is 0 Å². The van der Waals surface area contributed by atoms with E-state index in [0.29, 0.717) is 6.67 Å². The van der Waals surface area contributed by atoms with E-state index in [-0.39, 0.29) is 12.4 Å². The van der Waals surface area contributed by atoms with Gasteiger partial charge in [0.15, 0.2) is 0 Å². The number of nitrogens with two attached hydrogens (primary N) is 1. The molecule has 2 amide bonds. The number of rotatable bonds is 0. The molecule has 70 valence electrons. The molecule has 13 heavy (non-hydrogen) atoms. The van der Waals surface area contributed by atoms with E-state index in [4.69, 9.17) is 5.73 Å². The zero-order chi connectivity index (χ0) is 8.55. The Labute approximate surface area is 82.1 Å². The van der Waals surface area contributed by atoms with Gasteiger partial charge in [-0.2, -0.15) is 0 Å². The van der Waals surface area contributed by atoms with Gasteiger partial charge in [-0.15, -0.1) is 12.4 Å². The average Bonchev–Trinajstić information content (AvgIpc) is 2.47. The second-order valence-electron chi connectivity index (χ2n) is 2.62. The quantitative estimate of drug-likeness (QED) is 0.663. The molecule has 0 saturated carbocycles. The Morgan fingerprint density at radius 2 is 2.15 bits per heavy atom. The van der Waals surface area contributed by atoms with E-state index in [1.54, 1.807) is 0 Å². The lowest BCUT2D eigenvalue weighted by atomic mass is 10.3. The van der Waals surface area contributed by atoms with Crippen LogP contribution in [0.15, 0.2) is 24.3 Å². The van der Waals surface area contributed by atoms with Gasteiger partial charge in [-0.25, -0.2) is 4.79 Å². The summed E-state index contributed by atoms with van der Waals surface area (Å²) < 4.78 is 0. The monoisotopic (exact) mass is 199 g/mol. The zero-order valence-corrected chi connectivity index (χ0v) is 7.67. The van der Waals surface area contributed by atoms with E-state index in [1.807, 2.05) is 24.3 Å². The number of para-hydroxylation sites is 2. The van der Waals surface area contributed by atoms with Crippen LogP contribution in [-0.4, -0.2) is 12.7 Å². The fourth-order valence-corrected chi connectivity index (χ4v) is 1.30. The van der Waals surface area contributed by atoms with Gasteiger partial charge < -0.3 is 11.1 Å². The Hall–Kier alpha value is -1.42. The number of nitrogens with one attached hydrogen (secondary N) is 1. The molecule has 0 aromatic heterocycles. The molecule has 0 atom stereocenters. The second kappa shape index (κ2) is 3.53. The first-order valence-corrected chi connectivity index (χ1v) is 3.69. The molecule has 0 fully saturated rings. The molecular formula is C8H10ClN3O. The van der Waals surface area contributed by atoms with Crippen molar-refractivity contribution in [3.8, 4) is 0 Å². The molecule has 0 bridgehead atoms. The van der Waals surface area contributed by atoms with Gasteiger partial charge in [-0.1, -0.05) is 12.1 Å². The van der Waals surface area contributed by atoms with Gasteiger partial charge in [0.25, 0.3) is 0 Å². The number of carbonyl (C=O) groups excluding carboxylic acids is 1. The van der Waals surface area contributed by atoms with Crippen LogP contribution in [0.2, 0.25) is 0 Å². The Kier molecular flexibility index (Phi) is 2.63. The third kappa shape index (κ3) is 1.53. The highest BCUT2D eigenvalue weighted by atomic mass is 35.5. The van der Waals surface area contributed by atoms with E-state index in [2.05, 4.69) is 5.32 Å². The Morgan fingerprint density at radius 3 is 2.85 bits per heavy atom. The first-order valence-electron chi connectivity index (χ1n) is 3.69. The molecule has 1 aliphatic heterocycles. The maximum atomic E-state index is 10.9. The van der Waals surface area contributed by atoms with Gasteiger partial charge >= 0.3 is 6.03 Å². The van der Waals surface area contributed by atoms with Crippen LogP contribution in [0.5, 0.6) is 0 Å². The Balaban J connectivity index is 0.000000845. The minimum absolute atomic E-state index is 0. The number of hydrogen-bond acceptors (Lipinski definition) is 2. The number of amides is 2. The number of halogens is 1. The third-order valence-corrected chi connectivity index (χ3v) is 1.89. The lowest BCUT2D eigenvalue weighted by molar-refractivity contribution is 0.254. The zero-order valence-electron chi connectivity index (χ0n) is 6.86. The first kappa shape index (κ1) is 9.67. The third-order valence-electron chi connectivity index (χ3n) is 1.89. The molecule has 3 N–H and O–H groups in total. The molecular weight excluding hydrogens is 190 g/mol. The highest BCUT2D eigenvalue weighted by Crippen LogP contribution is 2.29. The summed E-state index contributed by atoms with van der Waals surface area (Å²) in [6, 6.07) is 7.14. The molecule has 1 aromatic rings. The van der Waals surface area contributed by atoms with Crippen molar-refractivity contribution in [2.45, 2.75) is 0 Å². The van der Waals surface area contributed by atoms with Crippen molar-refractivity contribution in [1.29, 1.82) is 0 Å². The SMILES string of the molecule is Cl.NC(=O)N1CNc2ccccc21. The molecule has 0 saturated heterocycles. The van der Waals surface area contributed by atoms with E-state index >= 15 is 0 Å². The van der Waals surface area contributed by atoms with Crippen LogP contribution in [0.1, 0.15) is 0 Å². The number of carbonyl (C=O) groups is 1. The predicted molar refractivity (Wildman–Crippen MR) is 54.2 cm³/mol. The van der Waals surface area contributed by atoms with Crippen molar-refractivity contribution in [3.05, 3.63) is 24.3 Å². The molecule has 0 spiro atoms. The molecule has 0 aliphatic carbocycles. The fraction of sp³-hybridized carbons (Fsp3) is 0.125. The van der Waals surface area contributed by atoms with Gasteiger partial charge in [0, 0.05) is 0 Å². The molecule has 1 heterocycles. The number of urea groups is 1. The smallest absolute Gasteiger partial charge is 0.320 e. The van der Waals surface area contributed by atoms with Crippen LogP contribution in [0.4, 0.5) is 16.2 Å². The van der Waals surface area contributed by atoms with E-state index in [0.717, 1.165) is 11.4 Å². The minimum atomic E-state index is -0.424. The highest BCUT2D eigenvalue weighted by molar-refractivity contribution is 5.97. The highest BCUT2D eigenvalue weighted by Gasteiger charge is 2.20. The molecule has 4 nitrogen and oxygen atoms in total. The van der Waals surface area contributed by atoms with E-state index < -0.39 is 6.03 Å². The van der Waals surface area contributed by atoms with Crippen LogP contribution >= 0.6 is 12.4 Å². The molecule has 1 aromatic carbocycles. The van der Waals surface area contributed by atoms with Crippen molar-refractivity contribution >= 4 is 29.8 Å². The van der Waals surface area contributed by atoms with Crippen LogP contribution in [0.25, 0.3) is 0 Å². The molecule has 5 heteroatoms. The number of primary amides is 1. The molecule has 0 radical (unpaired) electrons. The Morgan fingerprint density at radius 1 is 1.46 bits per heavy atom. The number of benzene rings is 1. The van der Waals surface area contributed by atoms with Crippen molar-refractivity contribution in [2.24, 2.45) is 5.73 Å². The van der Waals surface area contributed by atoms with Gasteiger partial charge in [0.1, 0.15) is 0 Å². The lowest BCUT2D eigenvalue weighted by Gasteiger charge is -2.11. The topological polar surface area (TPSA) is 58.4 Å². The van der Waals surface area contributed by atoms with Crippen LogP contribution in [0.3, 0.4) is 0 Å². The summed E-state index contributed by atoms with van der Waals surface area (Å²) in [6.45, 7) is 0.467. The van der Waals surface area contributed by atoms with E-state index in [1.165, 1.54) is 4.90 Å². The predicted octanol–water partition coefficient (Wildman–Crippen LogP) is 1.38. The van der Waals surface area contributed by atoms with Gasteiger partial charge in [-0.05, 0) is 12.1 Å². The van der Waals surface area contributed by atoms with Crippen molar-refractivity contribution in [2.75, 3.05) is 16.9 Å². The van der Waals surface area contributed by atoms with Crippen LogP contribution < -0.4 is 16.0 Å². The number of nitrogens with zero attached hydrogens (tertiary/aromatic N) is 1. The largest absolute Gasteiger partial charge is 0.366 e. The average molecular weight is 200 g/mol. The van der Waals surface area contributed by atoms with Gasteiger partial charge in [0.2, 0.25) is 0 Å². The molecule has 2 rings (SSSR count). The number of hydrogen-bond donors (Lipinski definition) is 2. The Bertz CT molecular complexity index is 329. The molecule has 0 unspecified atom stereocenters. The minimum Gasteiger partial charge on any atom is -0.366 e. The maximum absolute atomic E-state index is 10.9. The van der Waals surface area contributed by atoms with Crippen LogP contribution in [0, 0.1) is 0 Å². The maximum Gasteiger partial charge on any atom is 0.320 e. The summed E-state index contributed by atoms with van der Waals surface area (Å²) in [5, 5.41) is 3.06. The van der Waals surface area contributed by atoms with E-state index in [9.17, 15) is 4.79 Å². The summed E-state index contributed by atoms with van der Waals surface area (Å²) in [4.78, 5) is 12.4. The molecule has 1 aliphatic rings. The summed E-state index contributed by atoms with van der Waals surface area (Å²) in [6.07, 6.45) is 0. The lowest BCUT2D eigenvalue weighted by Crippen LogP contribution is -2.35. The van der Waals surface area contributed by atoms with Gasteiger partial charge in [0.05, 0.1) is 18.0 Å².